The second kappa shape index (κ2) is 5.43. The number of rotatable bonds is 2. The lowest BCUT2D eigenvalue weighted by Crippen LogP contribution is -2.19. The van der Waals surface area contributed by atoms with Crippen LogP contribution in [0.25, 0.3) is 0 Å². The van der Waals surface area contributed by atoms with Crippen molar-refractivity contribution in [3.8, 4) is 0 Å². The number of hydrogen-bond acceptors (Lipinski definition) is 1. The fourth-order valence-electron chi connectivity index (χ4n) is 2.30. The number of nitrogens with one attached hydrogen (secondary N) is 1. The van der Waals surface area contributed by atoms with Crippen molar-refractivity contribution in [1.82, 2.24) is 0 Å². The largest absolute Gasteiger partial charge is 0.380 e. The second-order valence-electron chi connectivity index (χ2n) is 4.58. The highest BCUT2D eigenvalue weighted by Gasteiger charge is 2.16. The Hall–Kier alpha value is -1.19. The van der Waals surface area contributed by atoms with E-state index in [-0.39, 0.29) is 11.7 Å². The molecule has 0 atom stereocenters. The average molecular weight is 243 g/mol. The van der Waals surface area contributed by atoms with E-state index in [0.29, 0.717) is 6.07 Å². The first kappa shape index (κ1) is 12.3. The Labute approximate surface area is 99.0 Å². The van der Waals surface area contributed by atoms with Crippen LogP contribution in [0.1, 0.15) is 38.5 Å². The van der Waals surface area contributed by atoms with Crippen LogP contribution in [-0.4, -0.2) is 6.04 Å². The molecule has 1 saturated carbocycles. The van der Waals surface area contributed by atoms with E-state index in [1.807, 2.05) is 0 Å². The Bertz CT molecular complexity index is 384. The molecule has 1 aromatic carbocycles. The molecule has 1 aromatic rings. The molecule has 1 N–H and O–H groups in total. The van der Waals surface area contributed by atoms with E-state index in [9.17, 15) is 13.2 Å². The maximum Gasteiger partial charge on any atom is 0.182 e. The molecular formula is C13H16F3N. The van der Waals surface area contributed by atoms with Crippen molar-refractivity contribution in [3.05, 3.63) is 29.6 Å². The van der Waals surface area contributed by atoms with Crippen molar-refractivity contribution >= 4 is 5.69 Å². The lowest BCUT2D eigenvalue weighted by molar-refractivity contribution is 0.494. The third-order valence-corrected chi connectivity index (χ3v) is 3.21. The minimum Gasteiger partial charge on any atom is -0.380 e. The zero-order chi connectivity index (χ0) is 12.3. The SMILES string of the molecule is Fc1cc(F)c(F)c(NC2CCCCCC2)c1. The molecule has 0 bridgehead atoms. The maximum absolute atomic E-state index is 13.4. The minimum atomic E-state index is -1.14. The molecule has 1 aliphatic rings. The molecule has 0 radical (unpaired) electrons. The highest BCUT2D eigenvalue weighted by molar-refractivity contribution is 5.46. The Kier molecular flexibility index (Phi) is 3.92. The first-order valence-electron chi connectivity index (χ1n) is 6.08. The highest BCUT2D eigenvalue weighted by Crippen LogP contribution is 2.24. The molecule has 1 fully saturated rings. The van der Waals surface area contributed by atoms with Crippen molar-refractivity contribution in [3.63, 3.8) is 0 Å². The van der Waals surface area contributed by atoms with Crippen LogP contribution < -0.4 is 5.32 Å². The molecule has 94 valence electrons. The predicted molar refractivity (Wildman–Crippen MR) is 61.4 cm³/mol. The van der Waals surface area contributed by atoms with Gasteiger partial charge in [-0.25, -0.2) is 13.2 Å². The van der Waals surface area contributed by atoms with Gasteiger partial charge in [-0.05, 0) is 12.8 Å². The lowest BCUT2D eigenvalue weighted by atomic mass is 10.1. The van der Waals surface area contributed by atoms with Gasteiger partial charge in [-0.2, -0.15) is 0 Å². The summed E-state index contributed by atoms with van der Waals surface area (Å²) in [6, 6.07) is 1.70. The van der Waals surface area contributed by atoms with Crippen molar-refractivity contribution < 1.29 is 13.2 Å². The molecule has 0 saturated heterocycles. The van der Waals surface area contributed by atoms with Crippen molar-refractivity contribution in [2.24, 2.45) is 0 Å². The molecular weight excluding hydrogens is 227 g/mol. The van der Waals surface area contributed by atoms with Crippen molar-refractivity contribution in [2.45, 2.75) is 44.6 Å². The summed E-state index contributed by atoms with van der Waals surface area (Å²) in [5.41, 5.74) is -0.0607. The van der Waals surface area contributed by atoms with E-state index in [0.717, 1.165) is 31.7 Å². The second-order valence-corrected chi connectivity index (χ2v) is 4.58. The van der Waals surface area contributed by atoms with Gasteiger partial charge in [0.1, 0.15) is 5.82 Å². The van der Waals surface area contributed by atoms with Crippen LogP contribution in [0.5, 0.6) is 0 Å². The predicted octanol–water partition coefficient (Wildman–Crippen LogP) is 4.24. The van der Waals surface area contributed by atoms with Crippen LogP contribution in [0.2, 0.25) is 0 Å². The summed E-state index contributed by atoms with van der Waals surface area (Å²) in [6.45, 7) is 0. The molecule has 2 rings (SSSR count). The minimum absolute atomic E-state index is 0.0607. The van der Waals surface area contributed by atoms with E-state index < -0.39 is 17.5 Å². The molecule has 0 unspecified atom stereocenters. The number of hydrogen-bond donors (Lipinski definition) is 1. The van der Waals surface area contributed by atoms with Gasteiger partial charge in [-0.3, -0.25) is 0 Å². The molecule has 4 heteroatoms. The summed E-state index contributed by atoms with van der Waals surface area (Å²) < 4.78 is 39.4. The molecule has 0 heterocycles. The van der Waals surface area contributed by atoms with E-state index >= 15 is 0 Å². The summed E-state index contributed by atoms with van der Waals surface area (Å²) in [5.74, 6) is -2.88. The molecule has 0 aliphatic heterocycles. The lowest BCUT2D eigenvalue weighted by Gasteiger charge is -2.18. The third-order valence-electron chi connectivity index (χ3n) is 3.21. The standard InChI is InChI=1S/C13H16F3N/c14-9-7-11(15)13(16)12(8-9)17-10-5-3-1-2-4-6-10/h7-8,10,17H,1-6H2. The van der Waals surface area contributed by atoms with E-state index in [1.165, 1.54) is 12.8 Å². The van der Waals surface area contributed by atoms with Gasteiger partial charge >= 0.3 is 0 Å². The quantitative estimate of drug-likeness (QED) is 0.605. The van der Waals surface area contributed by atoms with Crippen LogP contribution in [-0.2, 0) is 0 Å². The number of anilines is 1. The molecule has 0 aromatic heterocycles. The summed E-state index contributed by atoms with van der Waals surface area (Å²) in [7, 11) is 0. The highest BCUT2D eigenvalue weighted by atomic mass is 19.2. The third kappa shape index (κ3) is 3.14. The van der Waals surface area contributed by atoms with Crippen LogP contribution in [0, 0.1) is 17.5 Å². The molecule has 0 amide bonds. The van der Waals surface area contributed by atoms with Crippen LogP contribution in [0.15, 0.2) is 12.1 Å². The van der Waals surface area contributed by atoms with Crippen LogP contribution >= 0.6 is 0 Å². The van der Waals surface area contributed by atoms with Gasteiger partial charge in [-0.15, -0.1) is 0 Å². The van der Waals surface area contributed by atoms with Crippen molar-refractivity contribution in [2.75, 3.05) is 5.32 Å². The van der Waals surface area contributed by atoms with E-state index in [2.05, 4.69) is 5.32 Å². The van der Waals surface area contributed by atoms with Crippen LogP contribution in [0.3, 0.4) is 0 Å². The van der Waals surface area contributed by atoms with Gasteiger partial charge < -0.3 is 5.32 Å². The number of halogens is 3. The monoisotopic (exact) mass is 243 g/mol. The zero-order valence-corrected chi connectivity index (χ0v) is 9.61. The van der Waals surface area contributed by atoms with Gasteiger partial charge in [0.2, 0.25) is 0 Å². The summed E-state index contributed by atoms with van der Waals surface area (Å²) in [4.78, 5) is 0. The van der Waals surface area contributed by atoms with Gasteiger partial charge in [0, 0.05) is 18.2 Å². The Morgan fingerprint density at radius 2 is 1.59 bits per heavy atom. The normalized spacial score (nSPS) is 17.8. The fourth-order valence-corrected chi connectivity index (χ4v) is 2.30. The Morgan fingerprint density at radius 1 is 0.941 bits per heavy atom. The fraction of sp³-hybridized carbons (Fsp3) is 0.538. The summed E-state index contributed by atoms with van der Waals surface area (Å²) >= 11 is 0. The van der Waals surface area contributed by atoms with Gasteiger partial charge in [0.05, 0.1) is 5.69 Å². The van der Waals surface area contributed by atoms with Gasteiger partial charge in [-0.1, -0.05) is 25.7 Å². The average Bonchev–Trinajstić information content (AvgIpc) is 2.54. The first-order valence-corrected chi connectivity index (χ1v) is 6.08. The van der Waals surface area contributed by atoms with E-state index in [4.69, 9.17) is 0 Å². The zero-order valence-electron chi connectivity index (χ0n) is 9.61. The van der Waals surface area contributed by atoms with Crippen molar-refractivity contribution in [1.29, 1.82) is 0 Å². The van der Waals surface area contributed by atoms with Crippen LogP contribution in [0.4, 0.5) is 18.9 Å². The van der Waals surface area contributed by atoms with E-state index in [1.54, 1.807) is 0 Å². The smallest absolute Gasteiger partial charge is 0.182 e. The van der Waals surface area contributed by atoms with Gasteiger partial charge in [0.15, 0.2) is 11.6 Å². The maximum atomic E-state index is 13.4. The summed E-state index contributed by atoms with van der Waals surface area (Å²) in [6.07, 6.45) is 6.37. The molecule has 0 spiro atoms. The molecule has 1 nitrogen and oxygen atoms in total. The van der Waals surface area contributed by atoms with Gasteiger partial charge in [0.25, 0.3) is 0 Å². The topological polar surface area (TPSA) is 12.0 Å². The Morgan fingerprint density at radius 3 is 2.24 bits per heavy atom. The number of benzene rings is 1. The first-order chi connectivity index (χ1) is 8.16. The summed E-state index contributed by atoms with van der Waals surface area (Å²) in [5, 5.41) is 2.92. The Balaban J connectivity index is 2.11. The molecule has 17 heavy (non-hydrogen) atoms. The molecule has 1 aliphatic carbocycles.